The number of carboxylic acid groups (broad SMARTS) is 1. The summed E-state index contributed by atoms with van der Waals surface area (Å²) in [5.41, 5.74) is 0. The second-order valence-electron chi connectivity index (χ2n) is 3.24. The maximum Gasteiger partial charge on any atom is 0.321 e. The molecule has 94 valence electrons. The minimum Gasteiger partial charge on any atom is -0.495 e. The zero-order chi connectivity index (χ0) is 13.1. The van der Waals surface area contributed by atoms with E-state index in [1.165, 1.54) is 26.3 Å². The predicted molar refractivity (Wildman–Crippen MR) is 58.2 cm³/mol. The summed E-state index contributed by atoms with van der Waals surface area (Å²) in [6, 6.07) is 0.0374. The van der Waals surface area contributed by atoms with E-state index in [2.05, 4.69) is 4.98 Å². The van der Waals surface area contributed by atoms with E-state index in [4.69, 9.17) is 9.84 Å². The zero-order valence-corrected chi connectivity index (χ0v) is 10.1. The standard InChI is InChI=1S/C9H12N2O5S/c1-6(9(12)13)11-17(14,15)8-3-7(16-2)4-10-5-8/h3-6,11H,1-2H3,(H,12,13)/t6-/m1/s1. The molecule has 1 aromatic rings. The average Bonchev–Trinajstić information content (AvgIpc) is 2.28. The summed E-state index contributed by atoms with van der Waals surface area (Å²) >= 11 is 0. The van der Waals surface area contributed by atoms with Gasteiger partial charge in [-0.15, -0.1) is 0 Å². The Morgan fingerprint density at radius 2 is 2.18 bits per heavy atom. The van der Waals surface area contributed by atoms with Gasteiger partial charge in [0.1, 0.15) is 16.7 Å². The molecular weight excluding hydrogens is 248 g/mol. The number of pyridine rings is 1. The van der Waals surface area contributed by atoms with E-state index in [9.17, 15) is 13.2 Å². The Bertz CT molecular complexity index is 514. The van der Waals surface area contributed by atoms with Crippen LogP contribution in [0.3, 0.4) is 0 Å². The van der Waals surface area contributed by atoms with Crippen LogP contribution in [0.2, 0.25) is 0 Å². The van der Waals surface area contributed by atoms with Crippen LogP contribution in [0.4, 0.5) is 0 Å². The second-order valence-corrected chi connectivity index (χ2v) is 4.96. The number of nitrogens with one attached hydrogen (secondary N) is 1. The SMILES string of the molecule is COc1cncc(S(=O)(=O)N[C@H](C)C(=O)O)c1. The molecule has 0 fully saturated rings. The van der Waals surface area contributed by atoms with Crippen LogP contribution < -0.4 is 9.46 Å². The highest BCUT2D eigenvalue weighted by atomic mass is 32.2. The number of carboxylic acids is 1. The molecule has 0 radical (unpaired) electrons. The van der Waals surface area contributed by atoms with Crippen LogP contribution in [-0.4, -0.2) is 37.6 Å². The van der Waals surface area contributed by atoms with Crippen molar-refractivity contribution in [1.29, 1.82) is 0 Å². The third-order valence-corrected chi connectivity index (χ3v) is 3.44. The lowest BCUT2D eigenvalue weighted by Gasteiger charge is -2.10. The number of rotatable bonds is 5. The molecular formula is C9H12N2O5S. The van der Waals surface area contributed by atoms with Gasteiger partial charge in [-0.1, -0.05) is 0 Å². The number of hydrogen-bond donors (Lipinski definition) is 2. The zero-order valence-electron chi connectivity index (χ0n) is 9.25. The van der Waals surface area contributed by atoms with Crippen molar-refractivity contribution in [3.63, 3.8) is 0 Å². The number of nitrogens with zero attached hydrogens (tertiary/aromatic N) is 1. The number of aliphatic carboxylic acids is 1. The maximum absolute atomic E-state index is 11.7. The molecule has 2 N–H and O–H groups in total. The molecule has 0 saturated heterocycles. The van der Waals surface area contributed by atoms with Gasteiger partial charge < -0.3 is 9.84 Å². The molecule has 8 heteroatoms. The van der Waals surface area contributed by atoms with Gasteiger partial charge in [-0.25, -0.2) is 8.42 Å². The predicted octanol–water partition coefficient (Wildman–Crippen LogP) is -0.158. The van der Waals surface area contributed by atoms with Crippen LogP contribution in [0.15, 0.2) is 23.4 Å². The molecule has 0 bridgehead atoms. The van der Waals surface area contributed by atoms with Crippen LogP contribution in [-0.2, 0) is 14.8 Å². The van der Waals surface area contributed by atoms with E-state index in [-0.39, 0.29) is 10.6 Å². The quantitative estimate of drug-likeness (QED) is 0.762. The third-order valence-electron chi connectivity index (χ3n) is 1.94. The Labute approximate surface area is 98.5 Å². The number of methoxy groups -OCH3 is 1. The highest BCUT2D eigenvalue weighted by molar-refractivity contribution is 7.89. The van der Waals surface area contributed by atoms with Gasteiger partial charge in [0.2, 0.25) is 10.0 Å². The summed E-state index contributed by atoms with van der Waals surface area (Å²) in [6.45, 7) is 1.23. The minimum atomic E-state index is -3.91. The molecule has 0 aliphatic carbocycles. The maximum atomic E-state index is 11.7. The first-order valence-corrected chi connectivity index (χ1v) is 6.09. The Hall–Kier alpha value is -1.67. The number of aromatic nitrogens is 1. The lowest BCUT2D eigenvalue weighted by atomic mass is 10.4. The molecule has 7 nitrogen and oxygen atoms in total. The lowest BCUT2D eigenvalue weighted by Crippen LogP contribution is -2.38. The smallest absolute Gasteiger partial charge is 0.321 e. The Balaban J connectivity index is 3.01. The molecule has 0 aliphatic heterocycles. The molecule has 0 amide bonds. The number of hydrogen-bond acceptors (Lipinski definition) is 5. The van der Waals surface area contributed by atoms with Crippen molar-refractivity contribution in [2.75, 3.05) is 7.11 Å². The fourth-order valence-corrected chi connectivity index (χ4v) is 2.18. The highest BCUT2D eigenvalue weighted by Crippen LogP contribution is 2.15. The second kappa shape index (κ2) is 5.11. The molecule has 0 aromatic carbocycles. The van der Waals surface area contributed by atoms with Gasteiger partial charge in [-0.2, -0.15) is 4.72 Å². The van der Waals surface area contributed by atoms with Gasteiger partial charge in [-0.05, 0) is 6.92 Å². The molecule has 0 spiro atoms. The largest absolute Gasteiger partial charge is 0.495 e. The fourth-order valence-electron chi connectivity index (χ4n) is 1.01. The monoisotopic (exact) mass is 260 g/mol. The first-order chi connectivity index (χ1) is 7.86. The summed E-state index contributed by atoms with van der Waals surface area (Å²) < 4.78 is 30.3. The molecule has 1 atom stereocenters. The minimum absolute atomic E-state index is 0.148. The average molecular weight is 260 g/mol. The van der Waals surface area contributed by atoms with E-state index < -0.39 is 22.0 Å². The molecule has 1 aromatic heterocycles. The van der Waals surface area contributed by atoms with Crippen molar-refractivity contribution in [2.24, 2.45) is 0 Å². The Morgan fingerprint density at radius 1 is 1.53 bits per heavy atom. The van der Waals surface area contributed by atoms with E-state index in [1.807, 2.05) is 4.72 Å². The van der Waals surface area contributed by atoms with E-state index in [0.29, 0.717) is 0 Å². The van der Waals surface area contributed by atoms with Crippen molar-refractivity contribution in [2.45, 2.75) is 17.9 Å². The van der Waals surface area contributed by atoms with Gasteiger partial charge in [0.15, 0.2) is 0 Å². The van der Waals surface area contributed by atoms with E-state index >= 15 is 0 Å². The van der Waals surface area contributed by atoms with Crippen LogP contribution in [0.5, 0.6) is 5.75 Å². The normalized spacial score (nSPS) is 13.1. The van der Waals surface area contributed by atoms with Crippen LogP contribution in [0, 0.1) is 0 Å². The molecule has 1 rings (SSSR count). The summed E-state index contributed by atoms with van der Waals surface area (Å²) in [5.74, 6) is -0.986. The van der Waals surface area contributed by atoms with Crippen molar-refractivity contribution in [3.8, 4) is 5.75 Å². The summed E-state index contributed by atoms with van der Waals surface area (Å²) in [4.78, 5) is 14.1. The molecule has 0 aliphatic rings. The molecule has 0 saturated carbocycles. The van der Waals surface area contributed by atoms with Crippen molar-refractivity contribution in [3.05, 3.63) is 18.5 Å². The summed E-state index contributed by atoms with van der Waals surface area (Å²) in [7, 11) is -2.53. The number of carbonyl (C=O) groups is 1. The Morgan fingerprint density at radius 3 is 2.71 bits per heavy atom. The van der Waals surface area contributed by atoms with Crippen molar-refractivity contribution < 1.29 is 23.1 Å². The van der Waals surface area contributed by atoms with Gasteiger partial charge in [0.25, 0.3) is 0 Å². The van der Waals surface area contributed by atoms with Gasteiger partial charge in [0, 0.05) is 12.3 Å². The summed E-state index contributed by atoms with van der Waals surface area (Å²) in [6.07, 6.45) is 2.46. The summed E-state index contributed by atoms with van der Waals surface area (Å²) in [5, 5.41) is 8.63. The van der Waals surface area contributed by atoms with Gasteiger partial charge in [0.05, 0.1) is 13.3 Å². The molecule has 0 unspecified atom stereocenters. The number of ether oxygens (including phenoxy) is 1. The van der Waals surface area contributed by atoms with Crippen LogP contribution in [0.25, 0.3) is 0 Å². The molecule has 17 heavy (non-hydrogen) atoms. The van der Waals surface area contributed by atoms with Crippen LogP contribution >= 0.6 is 0 Å². The highest BCUT2D eigenvalue weighted by Gasteiger charge is 2.22. The Kier molecular flexibility index (Phi) is 4.02. The van der Waals surface area contributed by atoms with E-state index in [0.717, 1.165) is 6.20 Å². The first kappa shape index (κ1) is 13.4. The lowest BCUT2D eigenvalue weighted by molar-refractivity contribution is -0.138. The first-order valence-electron chi connectivity index (χ1n) is 4.61. The van der Waals surface area contributed by atoms with Crippen molar-refractivity contribution in [1.82, 2.24) is 9.71 Å². The van der Waals surface area contributed by atoms with Gasteiger partial charge >= 0.3 is 5.97 Å². The van der Waals surface area contributed by atoms with E-state index in [1.54, 1.807) is 0 Å². The van der Waals surface area contributed by atoms with Gasteiger partial charge in [-0.3, -0.25) is 9.78 Å². The molecule has 1 heterocycles. The third kappa shape index (κ3) is 3.40. The topological polar surface area (TPSA) is 106 Å². The number of sulfonamides is 1. The van der Waals surface area contributed by atoms with Crippen molar-refractivity contribution >= 4 is 16.0 Å². The van der Waals surface area contributed by atoms with Crippen LogP contribution in [0.1, 0.15) is 6.92 Å². The fraction of sp³-hybridized carbons (Fsp3) is 0.333.